The van der Waals surface area contributed by atoms with Crippen LogP contribution in [0.15, 0.2) is 36.4 Å². The Hall–Kier alpha value is -2.21. The number of thiocarbonyl (C=S) groups is 1. The maximum atomic E-state index is 13.6. The predicted octanol–water partition coefficient (Wildman–Crippen LogP) is 4.09. The maximum Gasteiger partial charge on any atom is 0.175 e. The molecule has 0 spiro atoms. The Labute approximate surface area is 126 Å². The first-order valence-corrected chi connectivity index (χ1v) is 6.58. The molecular formula is C15H14F2N2OS. The lowest BCUT2D eigenvalue weighted by atomic mass is 10.2. The van der Waals surface area contributed by atoms with Crippen LogP contribution in [0.4, 0.5) is 20.2 Å². The summed E-state index contributed by atoms with van der Waals surface area (Å²) in [6.45, 7) is 1.66. The van der Waals surface area contributed by atoms with E-state index in [0.717, 1.165) is 0 Å². The Morgan fingerprint density at radius 1 is 1.00 bits per heavy atom. The first-order chi connectivity index (χ1) is 9.99. The minimum Gasteiger partial charge on any atom is -0.494 e. The zero-order chi connectivity index (χ0) is 15.4. The largest absolute Gasteiger partial charge is 0.494 e. The maximum absolute atomic E-state index is 13.6. The first-order valence-electron chi connectivity index (χ1n) is 6.17. The van der Waals surface area contributed by atoms with Gasteiger partial charge in [0.1, 0.15) is 5.82 Å². The Balaban J connectivity index is 2.04. The zero-order valence-electron chi connectivity index (χ0n) is 11.5. The minimum absolute atomic E-state index is 0.161. The van der Waals surface area contributed by atoms with Crippen LogP contribution in [0, 0.1) is 18.6 Å². The minimum atomic E-state index is -0.483. The molecule has 2 N–H and O–H groups in total. The van der Waals surface area contributed by atoms with E-state index in [9.17, 15) is 8.78 Å². The Bertz CT molecular complexity index is 677. The van der Waals surface area contributed by atoms with Gasteiger partial charge in [-0.2, -0.15) is 0 Å². The van der Waals surface area contributed by atoms with Gasteiger partial charge < -0.3 is 15.4 Å². The standard InChI is InChI=1S/C15H14F2N2OS/c1-9-7-10(3-5-12(9)16)18-15(21)19-11-4-6-14(20-2)13(17)8-11/h3-8H,1-2H3,(H2,18,19,21). The van der Waals surface area contributed by atoms with Gasteiger partial charge in [0.2, 0.25) is 0 Å². The van der Waals surface area contributed by atoms with E-state index in [2.05, 4.69) is 10.6 Å². The Morgan fingerprint density at radius 2 is 1.62 bits per heavy atom. The van der Waals surface area contributed by atoms with Crippen molar-refractivity contribution in [2.75, 3.05) is 17.7 Å². The van der Waals surface area contributed by atoms with E-state index in [0.29, 0.717) is 16.9 Å². The van der Waals surface area contributed by atoms with E-state index >= 15 is 0 Å². The van der Waals surface area contributed by atoms with Gasteiger partial charge in [0.25, 0.3) is 0 Å². The summed E-state index contributed by atoms with van der Waals surface area (Å²) in [4.78, 5) is 0. The molecule has 0 aliphatic heterocycles. The van der Waals surface area contributed by atoms with E-state index < -0.39 is 5.82 Å². The fourth-order valence-electron chi connectivity index (χ4n) is 1.76. The third kappa shape index (κ3) is 3.88. The van der Waals surface area contributed by atoms with Crippen LogP contribution in [0.25, 0.3) is 0 Å². The Morgan fingerprint density at radius 3 is 2.19 bits per heavy atom. The van der Waals surface area contributed by atoms with Gasteiger partial charge in [-0.3, -0.25) is 0 Å². The van der Waals surface area contributed by atoms with Crippen molar-refractivity contribution < 1.29 is 13.5 Å². The molecule has 2 aromatic carbocycles. The van der Waals surface area contributed by atoms with E-state index in [1.54, 1.807) is 25.1 Å². The van der Waals surface area contributed by atoms with Crippen molar-refractivity contribution in [2.24, 2.45) is 0 Å². The molecular weight excluding hydrogens is 294 g/mol. The van der Waals surface area contributed by atoms with Gasteiger partial charge >= 0.3 is 0 Å². The molecule has 110 valence electrons. The molecule has 0 aromatic heterocycles. The number of anilines is 2. The number of benzene rings is 2. The van der Waals surface area contributed by atoms with E-state index in [-0.39, 0.29) is 16.7 Å². The second-order valence-electron chi connectivity index (χ2n) is 4.39. The molecule has 0 heterocycles. The molecule has 0 atom stereocenters. The van der Waals surface area contributed by atoms with Gasteiger partial charge in [-0.05, 0) is 55.0 Å². The number of hydrogen-bond donors (Lipinski definition) is 2. The van der Waals surface area contributed by atoms with Crippen molar-refractivity contribution in [3.8, 4) is 5.75 Å². The van der Waals surface area contributed by atoms with Gasteiger partial charge in [-0.25, -0.2) is 8.78 Å². The summed E-state index contributed by atoms with van der Waals surface area (Å²) in [5.41, 5.74) is 1.66. The second-order valence-corrected chi connectivity index (χ2v) is 4.80. The summed E-state index contributed by atoms with van der Waals surface area (Å²) in [5.74, 6) is -0.604. The monoisotopic (exact) mass is 308 g/mol. The highest BCUT2D eigenvalue weighted by Gasteiger charge is 2.05. The lowest BCUT2D eigenvalue weighted by molar-refractivity contribution is 0.387. The summed E-state index contributed by atoms with van der Waals surface area (Å²) in [6, 6.07) is 8.99. The number of rotatable bonds is 3. The zero-order valence-corrected chi connectivity index (χ0v) is 12.4. The molecule has 0 amide bonds. The molecule has 21 heavy (non-hydrogen) atoms. The van der Waals surface area contributed by atoms with Crippen molar-refractivity contribution in [3.63, 3.8) is 0 Å². The van der Waals surface area contributed by atoms with Gasteiger partial charge in [0.15, 0.2) is 16.7 Å². The summed E-state index contributed by atoms with van der Waals surface area (Å²) < 4.78 is 31.6. The number of methoxy groups -OCH3 is 1. The van der Waals surface area contributed by atoms with Crippen molar-refractivity contribution in [1.29, 1.82) is 0 Å². The molecule has 0 aliphatic rings. The Kier molecular flexibility index (Phi) is 4.70. The molecule has 0 saturated heterocycles. The highest BCUT2D eigenvalue weighted by Crippen LogP contribution is 2.21. The molecule has 3 nitrogen and oxygen atoms in total. The third-order valence-electron chi connectivity index (χ3n) is 2.83. The van der Waals surface area contributed by atoms with E-state index in [1.165, 1.54) is 25.3 Å². The van der Waals surface area contributed by atoms with Crippen molar-refractivity contribution >= 4 is 28.7 Å². The average molecular weight is 308 g/mol. The number of nitrogens with one attached hydrogen (secondary N) is 2. The summed E-state index contributed by atoms with van der Waals surface area (Å²) in [7, 11) is 1.40. The normalized spacial score (nSPS) is 10.1. The van der Waals surface area contributed by atoms with Crippen LogP contribution in [0.2, 0.25) is 0 Å². The van der Waals surface area contributed by atoms with Gasteiger partial charge in [0.05, 0.1) is 7.11 Å². The molecule has 0 radical (unpaired) electrons. The van der Waals surface area contributed by atoms with Crippen LogP contribution >= 0.6 is 12.2 Å². The molecule has 0 saturated carbocycles. The van der Waals surface area contributed by atoms with E-state index in [4.69, 9.17) is 17.0 Å². The highest BCUT2D eigenvalue weighted by atomic mass is 32.1. The quantitative estimate of drug-likeness (QED) is 0.837. The number of halogens is 2. The topological polar surface area (TPSA) is 33.3 Å². The molecule has 0 bridgehead atoms. The molecule has 2 rings (SSSR count). The van der Waals surface area contributed by atoms with Crippen LogP contribution < -0.4 is 15.4 Å². The molecule has 6 heteroatoms. The van der Waals surface area contributed by atoms with Crippen molar-refractivity contribution in [3.05, 3.63) is 53.6 Å². The van der Waals surface area contributed by atoms with Gasteiger partial charge in [-0.15, -0.1) is 0 Å². The van der Waals surface area contributed by atoms with Crippen LogP contribution in [0.5, 0.6) is 5.75 Å². The smallest absolute Gasteiger partial charge is 0.175 e. The van der Waals surface area contributed by atoms with Crippen molar-refractivity contribution in [1.82, 2.24) is 0 Å². The lowest BCUT2D eigenvalue weighted by Gasteiger charge is -2.12. The van der Waals surface area contributed by atoms with Crippen LogP contribution in [0.1, 0.15) is 5.56 Å². The van der Waals surface area contributed by atoms with Gasteiger partial charge in [-0.1, -0.05) is 0 Å². The molecule has 0 unspecified atom stereocenters. The fourth-order valence-corrected chi connectivity index (χ4v) is 2.00. The molecule has 0 aliphatic carbocycles. The second kappa shape index (κ2) is 6.49. The molecule has 2 aromatic rings. The number of ether oxygens (including phenoxy) is 1. The summed E-state index contributed by atoms with van der Waals surface area (Å²) >= 11 is 5.13. The molecule has 0 fully saturated rings. The van der Waals surface area contributed by atoms with Crippen molar-refractivity contribution in [2.45, 2.75) is 6.92 Å². The number of aryl methyl sites for hydroxylation is 1. The highest BCUT2D eigenvalue weighted by molar-refractivity contribution is 7.80. The average Bonchev–Trinajstić information content (AvgIpc) is 2.43. The summed E-state index contributed by atoms with van der Waals surface area (Å²) in [5, 5.41) is 6.04. The fraction of sp³-hybridized carbons (Fsp3) is 0.133. The number of hydrogen-bond acceptors (Lipinski definition) is 2. The predicted molar refractivity (Wildman–Crippen MR) is 83.9 cm³/mol. The first kappa shape index (κ1) is 15.2. The summed E-state index contributed by atoms with van der Waals surface area (Å²) in [6.07, 6.45) is 0. The third-order valence-corrected chi connectivity index (χ3v) is 3.03. The van der Waals surface area contributed by atoms with Gasteiger partial charge in [0, 0.05) is 17.4 Å². The van der Waals surface area contributed by atoms with Crippen LogP contribution in [-0.4, -0.2) is 12.2 Å². The van der Waals surface area contributed by atoms with E-state index in [1.807, 2.05) is 0 Å². The lowest BCUT2D eigenvalue weighted by Crippen LogP contribution is -2.19. The SMILES string of the molecule is COc1ccc(NC(=S)Nc2ccc(F)c(C)c2)cc1F. The van der Waals surface area contributed by atoms with Crippen LogP contribution in [-0.2, 0) is 0 Å². The van der Waals surface area contributed by atoms with Crippen LogP contribution in [0.3, 0.4) is 0 Å².